The SMILES string of the molecule is O[C@]12C=C(c3nccc4c3[nH]c3ccccc34)C3CCN(CCCC/C=C\CC1)C[C@@]31CC3/C=C\CCCCN3[C@H]12. The van der Waals surface area contributed by atoms with Crippen LogP contribution in [-0.2, 0) is 0 Å². The second-order valence-electron chi connectivity index (χ2n) is 13.5. The van der Waals surface area contributed by atoms with Crippen LogP contribution >= 0.6 is 0 Å². The molecule has 0 amide bonds. The summed E-state index contributed by atoms with van der Waals surface area (Å²) in [4.78, 5) is 14.4. The van der Waals surface area contributed by atoms with Crippen molar-refractivity contribution >= 4 is 27.4 Å². The van der Waals surface area contributed by atoms with E-state index in [-0.39, 0.29) is 11.5 Å². The van der Waals surface area contributed by atoms with Crippen molar-refractivity contribution < 1.29 is 5.11 Å². The van der Waals surface area contributed by atoms with Gasteiger partial charge in [-0.25, -0.2) is 0 Å². The molecule has 214 valence electrons. The van der Waals surface area contributed by atoms with Gasteiger partial charge in [-0.3, -0.25) is 9.88 Å². The molecule has 3 aromatic rings. The molecule has 6 heterocycles. The van der Waals surface area contributed by atoms with Crippen LogP contribution in [0.1, 0.15) is 69.9 Å². The number of pyridine rings is 1. The van der Waals surface area contributed by atoms with Crippen LogP contribution in [0.3, 0.4) is 0 Å². The van der Waals surface area contributed by atoms with E-state index in [4.69, 9.17) is 4.98 Å². The van der Waals surface area contributed by atoms with Crippen molar-refractivity contribution in [1.29, 1.82) is 0 Å². The van der Waals surface area contributed by atoms with E-state index >= 15 is 0 Å². The summed E-state index contributed by atoms with van der Waals surface area (Å²) < 4.78 is 0. The van der Waals surface area contributed by atoms with E-state index in [2.05, 4.69) is 75.5 Å². The third kappa shape index (κ3) is 4.18. The van der Waals surface area contributed by atoms with Gasteiger partial charge in [0.25, 0.3) is 0 Å². The topological polar surface area (TPSA) is 55.4 Å². The lowest BCUT2D eigenvalue weighted by Gasteiger charge is -2.58. The highest BCUT2D eigenvalue weighted by Crippen LogP contribution is 2.61. The van der Waals surface area contributed by atoms with Crippen LogP contribution in [0.2, 0.25) is 0 Å². The molecule has 1 aliphatic carbocycles. The highest BCUT2D eigenvalue weighted by molar-refractivity contribution is 6.09. The summed E-state index contributed by atoms with van der Waals surface area (Å²) in [7, 11) is 0. The first-order valence-electron chi connectivity index (χ1n) is 16.3. The number of allylic oxidation sites excluding steroid dienone is 4. The lowest BCUT2D eigenvalue weighted by atomic mass is 9.54. The maximum atomic E-state index is 13.1. The van der Waals surface area contributed by atoms with Gasteiger partial charge in [0, 0.05) is 40.5 Å². The number of hydrogen-bond donors (Lipinski definition) is 2. The van der Waals surface area contributed by atoms with Gasteiger partial charge in [0.05, 0.1) is 22.9 Å². The van der Waals surface area contributed by atoms with Crippen LogP contribution < -0.4 is 0 Å². The van der Waals surface area contributed by atoms with E-state index in [1.165, 1.54) is 55.0 Å². The van der Waals surface area contributed by atoms with E-state index in [1.54, 1.807) is 0 Å². The highest BCUT2D eigenvalue weighted by atomic mass is 16.3. The Morgan fingerprint density at radius 2 is 1.76 bits per heavy atom. The number of nitrogens with one attached hydrogen (secondary N) is 1. The Balaban J connectivity index is 1.35. The van der Waals surface area contributed by atoms with E-state index in [0.29, 0.717) is 12.0 Å². The normalized spacial score (nSPS) is 37.6. The van der Waals surface area contributed by atoms with Crippen molar-refractivity contribution in [2.45, 2.75) is 81.9 Å². The second kappa shape index (κ2) is 10.2. The number of benzene rings is 1. The number of fused-ring (bicyclic) bond motifs is 5. The number of aromatic amines is 1. The molecule has 5 aliphatic rings. The Kier molecular flexibility index (Phi) is 6.46. The molecule has 3 unspecified atom stereocenters. The fraction of sp³-hybridized carbons (Fsp3) is 0.528. The fourth-order valence-electron chi connectivity index (χ4n) is 9.59. The van der Waals surface area contributed by atoms with Gasteiger partial charge in [0.2, 0.25) is 0 Å². The molecule has 4 aliphatic heterocycles. The summed E-state index contributed by atoms with van der Waals surface area (Å²) >= 11 is 0. The molecule has 3 bridgehead atoms. The minimum absolute atomic E-state index is 0.00403. The monoisotopic (exact) mass is 548 g/mol. The molecule has 2 fully saturated rings. The van der Waals surface area contributed by atoms with Gasteiger partial charge in [-0.15, -0.1) is 0 Å². The Hall–Kier alpha value is -2.73. The third-order valence-electron chi connectivity index (χ3n) is 11.2. The second-order valence-corrected chi connectivity index (χ2v) is 13.5. The van der Waals surface area contributed by atoms with Crippen LogP contribution in [0.5, 0.6) is 0 Å². The van der Waals surface area contributed by atoms with E-state index in [1.807, 2.05) is 6.20 Å². The van der Waals surface area contributed by atoms with Crippen molar-refractivity contribution in [2.24, 2.45) is 11.3 Å². The van der Waals surface area contributed by atoms with Gasteiger partial charge in [0.15, 0.2) is 0 Å². The van der Waals surface area contributed by atoms with Crippen LogP contribution in [-0.4, -0.2) is 68.7 Å². The first kappa shape index (κ1) is 25.9. The molecule has 2 N–H and O–H groups in total. The summed E-state index contributed by atoms with van der Waals surface area (Å²) in [5, 5.41) is 15.5. The first-order chi connectivity index (χ1) is 20.2. The zero-order valence-electron chi connectivity index (χ0n) is 24.3. The summed E-state index contributed by atoms with van der Waals surface area (Å²) in [5.74, 6) is 0.385. The molecule has 0 saturated carbocycles. The summed E-state index contributed by atoms with van der Waals surface area (Å²) in [6.45, 7) is 4.47. The molecule has 1 spiro atoms. The number of rotatable bonds is 1. The van der Waals surface area contributed by atoms with Crippen molar-refractivity contribution in [3.05, 3.63) is 72.6 Å². The molecule has 2 saturated heterocycles. The zero-order chi connectivity index (χ0) is 27.4. The molecule has 5 heteroatoms. The Labute approximate surface area is 244 Å². The molecule has 0 radical (unpaired) electrons. The van der Waals surface area contributed by atoms with Gasteiger partial charge < -0.3 is 15.0 Å². The van der Waals surface area contributed by atoms with Crippen LogP contribution in [0.4, 0.5) is 0 Å². The number of aromatic nitrogens is 2. The van der Waals surface area contributed by atoms with Crippen LogP contribution in [0.25, 0.3) is 27.4 Å². The number of nitrogens with zero attached hydrogens (tertiary/aromatic N) is 3. The summed E-state index contributed by atoms with van der Waals surface area (Å²) in [6.07, 6.45) is 25.2. The largest absolute Gasteiger partial charge is 0.384 e. The van der Waals surface area contributed by atoms with Crippen molar-refractivity contribution in [2.75, 3.05) is 26.2 Å². The van der Waals surface area contributed by atoms with Crippen molar-refractivity contribution in [1.82, 2.24) is 19.8 Å². The minimum atomic E-state index is -0.898. The zero-order valence-corrected chi connectivity index (χ0v) is 24.3. The van der Waals surface area contributed by atoms with Gasteiger partial charge in [0.1, 0.15) is 0 Å². The van der Waals surface area contributed by atoms with E-state index in [9.17, 15) is 5.11 Å². The third-order valence-corrected chi connectivity index (χ3v) is 11.2. The predicted molar refractivity (Wildman–Crippen MR) is 168 cm³/mol. The Bertz CT molecular complexity index is 1530. The van der Waals surface area contributed by atoms with Crippen molar-refractivity contribution in [3.8, 4) is 0 Å². The average Bonchev–Trinajstić information content (AvgIpc) is 3.49. The number of piperidine rings is 1. The van der Waals surface area contributed by atoms with Gasteiger partial charge in [-0.2, -0.15) is 0 Å². The van der Waals surface area contributed by atoms with Crippen LogP contribution in [0.15, 0.2) is 66.9 Å². The molecule has 6 atom stereocenters. The Morgan fingerprint density at radius 1 is 0.902 bits per heavy atom. The molecule has 2 aromatic heterocycles. The van der Waals surface area contributed by atoms with Gasteiger partial charge in [-0.05, 0) is 114 Å². The van der Waals surface area contributed by atoms with Crippen molar-refractivity contribution in [3.63, 3.8) is 0 Å². The minimum Gasteiger partial charge on any atom is -0.384 e. The van der Waals surface area contributed by atoms with Crippen LogP contribution in [0, 0.1) is 11.3 Å². The van der Waals surface area contributed by atoms with Gasteiger partial charge in [-0.1, -0.05) is 42.5 Å². The molecule has 41 heavy (non-hydrogen) atoms. The molecular formula is C36H44N4O. The summed E-state index contributed by atoms with van der Waals surface area (Å²) in [6, 6.07) is 11.3. The first-order valence-corrected chi connectivity index (χ1v) is 16.3. The van der Waals surface area contributed by atoms with E-state index in [0.717, 1.165) is 68.5 Å². The molecule has 1 aromatic carbocycles. The number of hydrogen-bond acceptors (Lipinski definition) is 4. The van der Waals surface area contributed by atoms with Gasteiger partial charge >= 0.3 is 0 Å². The highest BCUT2D eigenvalue weighted by Gasteiger charge is 2.65. The smallest absolute Gasteiger partial charge is 0.0998 e. The molecule has 8 rings (SSSR count). The average molecular weight is 549 g/mol. The number of H-pyrrole nitrogens is 1. The predicted octanol–water partition coefficient (Wildman–Crippen LogP) is 6.86. The maximum Gasteiger partial charge on any atom is 0.0998 e. The number of aliphatic hydroxyl groups is 1. The Morgan fingerprint density at radius 3 is 2.71 bits per heavy atom. The molecular weight excluding hydrogens is 504 g/mol. The molecule has 5 nitrogen and oxygen atoms in total. The van der Waals surface area contributed by atoms with E-state index < -0.39 is 5.60 Å². The summed E-state index contributed by atoms with van der Waals surface area (Å²) in [5.41, 5.74) is 3.74. The fourth-order valence-corrected chi connectivity index (χ4v) is 9.59. The quantitative estimate of drug-likeness (QED) is 0.326. The lowest BCUT2D eigenvalue weighted by molar-refractivity contribution is -0.0894. The number of para-hydroxylation sites is 1. The lowest BCUT2D eigenvalue weighted by Crippen LogP contribution is -2.65. The standard InChI is InChI=1S/C36H44N4O/c41-36-18-10-4-1-2-5-11-20-39-22-17-30(35(25-39)23-26-13-7-3-6-12-21-40(26)34(35)36)29(24-36)32-33-28(16-19-37-32)27-14-8-9-15-31(27)38-33/h1,4,7-9,13-16,19,24,26,30,34,38,41H,2-3,5-6,10-12,17-18,20-23,25H2/b4-1-,13-7-/t26?,30?,34-,35+,36+/m1/s1. The maximum absolute atomic E-state index is 13.1.